The second-order valence-electron chi connectivity index (χ2n) is 6.78. The van der Waals surface area contributed by atoms with Crippen molar-refractivity contribution in [3.05, 3.63) is 70.8 Å². The van der Waals surface area contributed by atoms with E-state index in [4.69, 9.17) is 4.74 Å². The first-order valence-electron chi connectivity index (χ1n) is 8.94. The van der Waals surface area contributed by atoms with E-state index in [9.17, 15) is 4.79 Å². The minimum atomic E-state index is 0.170. The zero-order valence-corrected chi connectivity index (χ0v) is 15.7. The molecular formula is C23H25NO2. The lowest BCUT2D eigenvalue weighted by Crippen LogP contribution is -2.12. The van der Waals surface area contributed by atoms with Crippen molar-refractivity contribution >= 4 is 23.6 Å². The van der Waals surface area contributed by atoms with Gasteiger partial charge in [-0.2, -0.15) is 0 Å². The molecule has 0 amide bonds. The largest absolute Gasteiger partial charge is 0.497 e. The molecule has 3 rings (SSSR count). The highest BCUT2D eigenvalue weighted by molar-refractivity contribution is 6.13. The summed E-state index contributed by atoms with van der Waals surface area (Å²) in [5.41, 5.74) is 5.05. The lowest BCUT2D eigenvalue weighted by Gasteiger charge is -2.17. The van der Waals surface area contributed by atoms with Crippen LogP contribution in [0.1, 0.15) is 30.4 Å². The van der Waals surface area contributed by atoms with Gasteiger partial charge in [0, 0.05) is 30.9 Å². The standard InChI is InChI=1S/C23H25NO2/c1-24(2)21-11-7-17(8-12-21)15-19-5-4-6-20(23(19)25)16-18-9-13-22(26-3)14-10-18/h7-16H,4-6H2,1-3H3. The van der Waals surface area contributed by atoms with E-state index in [1.165, 1.54) is 0 Å². The number of hydrogen-bond acceptors (Lipinski definition) is 3. The number of ketones is 1. The van der Waals surface area contributed by atoms with Crippen LogP contribution in [-0.2, 0) is 4.79 Å². The van der Waals surface area contributed by atoms with E-state index in [1.54, 1.807) is 7.11 Å². The van der Waals surface area contributed by atoms with Crippen LogP contribution < -0.4 is 9.64 Å². The Morgan fingerprint density at radius 2 is 1.35 bits per heavy atom. The molecule has 2 aromatic rings. The molecule has 0 aromatic heterocycles. The van der Waals surface area contributed by atoms with Crippen LogP contribution >= 0.6 is 0 Å². The van der Waals surface area contributed by atoms with Crippen molar-refractivity contribution < 1.29 is 9.53 Å². The fourth-order valence-corrected chi connectivity index (χ4v) is 3.15. The minimum Gasteiger partial charge on any atom is -0.497 e. The Hall–Kier alpha value is -2.81. The molecule has 1 aliphatic carbocycles. The Kier molecular flexibility index (Phi) is 5.57. The monoisotopic (exact) mass is 347 g/mol. The van der Waals surface area contributed by atoms with Gasteiger partial charge in [-0.3, -0.25) is 4.79 Å². The number of allylic oxidation sites excluding steroid dienone is 2. The average Bonchev–Trinajstić information content (AvgIpc) is 2.66. The molecule has 0 radical (unpaired) electrons. The Balaban J connectivity index is 1.81. The maximum Gasteiger partial charge on any atom is 0.185 e. The molecule has 0 heterocycles. The van der Waals surface area contributed by atoms with Crippen LogP contribution in [0.15, 0.2) is 59.7 Å². The van der Waals surface area contributed by atoms with Crippen molar-refractivity contribution in [2.24, 2.45) is 0 Å². The maximum absolute atomic E-state index is 12.9. The van der Waals surface area contributed by atoms with E-state index in [0.717, 1.165) is 53.0 Å². The SMILES string of the molecule is COc1ccc(C=C2CCCC(=Cc3ccc(N(C)C)cc3)C2=O)cc1. The van der Waals surface area contributed by atoms with E-state index < -0.39 is 0 Å². The average molecular weight is 347 g/mol. The molecule has 0 atom stereocenters. The second kappa shape index (κ2) is 8.05. The highest BCUT2D eigenvalue weighted by atomic mass is 16.5. The second-order valence-corrected chi connectivity index (χ2v) is 6.78. The van der Waals surface area contributed by atoms with Gasteiger partial charge < -0.3 is 9.64 Å². The number of benzene rings is 2. The summed E-state index contributed by atoms with van der Waals surface area (Å²) < 4.78 is 5.19. The van der Waals surface area contributed by atoms with Crippen molar-refractivity contribution in [2.45, 2.75) is 19.3 Å². The lowest BCUT2D eigenvalue weighted by atomic mass is 9.87. The summed E-state index contributed by atoms with van der Waals surface area (Å²) >= 11 is 0. The van der Waals surface area contributed by atoms with Gasteiger partial charge in [-0.05, 0) is 66.8 Å². The van der Waals surface area contributed by atoms with E-state index >= 15 is 0 Å². The highest BCUT2D eigenvalue weighted by Crippen LogP contribution is 2.28. The van der Waals surface area contributed by atoms with Gasteiger partial charge in [-0.15, -0.1) is 0 Å². The van der Waals surface area contributed by atoms with Gasteiger partial charge in [-0.1, -0.05) is 24.3 Å². The molecule has 26 heavy (non-hydrogen) atoms. The third kappa shape index (κ3) is 4.23. The van der Waals surface area contributed by atoms with Crippen LogP contribution in [0.25, 0.3) is 12.2 Å². The predicted molar refractivity (Wildman–Crippen MR) is 109 cm³/mol. The Labute approximate surface area is 155 Å². The first kappa shape index (κ1) is 18.0. The lowest BCUT2D eigenvalue weighted by molar-refractivity contribution is -0.112. The van der Waals surface area contributed by atoms with Gasteiger partial charge in [0.1, 0.15) is 5.75 Å². The van der Waals surface area contributed by atoms with E-state index in [0.29, 0.717) is 0 Å². The predicted octanol–water partition coefficient (Wildman–Crippen LogP) is 4.98. The normalized spacial score (nSPS) is 17.6. The van der Waals surface area contributed by atoms with Crippen LogP contribution in [0.2, 0.25) is 0 Å². The fraction of sp³-hybridized carbons (Fsp3) is 0.261. The van der Waals surface area contributed by atoms with Crippen molar-refractivity contribution in [3.8, 4) is 5.75 Å². The first-order valence-corrected chi connectivity index (χ1v) is 8.94. The number of hydrogen-bond donors (Lipinski definition) is 0. The van der Waals surface area contributed by atoms with Crippen LogP contribution in [0.3, 0.4) is 0 Å². The Morgan fingerprint density at radius 3 is 1.81 bits per heavy atom. The van der Waals surface area contributed by atoms with Gasteiger partial charge in [-0.25, -0.2) is 0 Å². The summed E-state index contributed by atoms with van der Waals surface area (Å²) in [7, 11) is 5.70. The Morgan fingerprint density at radius 1 is 0.846 bits per heavy atom. The van der Waals surface area contributed by atoms with Crippen LogP contribution in [0.4, 0.5) is 5.69 Å². The van der Waals surface area contributed by atoms with E-state index in [-0.39, 0.29) is 5.78 Å². The van der Waals surface area contributed by atoms with Gasteiger partial charge in [0.15, 0.2) is 5.78 Å². The van der Waals surface area contributed by atoms with Crippen LogP contribution in [0, 0.1) is 0 Å². The van der Waals surface area contributed by atoms with Gasteiger partial charge in [0.2, 0.25) is 0 Å². The van der Waals surface area contributed by atoms with Gasteiger partial charge in [0.05, 0.1) is 7.11 Å². The number of anilines is 1. The van der Waals surface area contributed by atoms with E-state index in [1.807, 2.05) is 50.5 Å². The van der Waals surface area contributed by atoms with Crippen molar-refractivity contribution in [1.29, 1.82) is 0 Å². The zero-order valence-electron chi connectivity index (χ0n) is 15.7. The van der Waals surface area contributed by atoms with Crippen molar-refractivity contribution in [2.75, 3.05) is 26.1 Å². The summed E-state index contributed by atoms with van der Waals surface area (Å²) in [6.07, 6.45) is 6.72. The minimum absolute atomic E-state index is 0.170. The summed E-state index contributed by atoms with van der Waals surface area (Å²) in [5, 5.41) is 0. The van der Waals surface area contributed by atoms with Crippen molar-refractivity contribution in [3.63, 3.8) is 0 Å². The summed E-state index contributed by atoms with van der Waals surface area (Å²) in [5.74, 6) is 0.993. The van der Waals surface area contributed by atoms with Gasteiger partial charge in [0.25, 0.3) is 0 Å². The topological polar surface area (TPSA) is 29.5 Å². The molecular weight excluding hydrogens is 322 g/mol. The zero-order chi connectivity index (χ0) is 18.5. The molecule has 0 spiro atoms. The number of ether oxygens (including phenoxy) is 1. The number of Topliss-reactive ketones (excluding diaryl/α,β-unsaturated/α-hetero) is 1. The molecule has 0 saturated heterocycles. The molecule has 3 heteroatoms. The smallest absolute Gasteiger partial charge is 0.185 e. The number of rotatable bonds is 4. The first-order chi connectivity index (χ1) is 12.6. The number of carbonyl (C=O) groups is 1. The quantitative estimate of drug-likeness (QED) is 0.731. The third-order valence-corrected chi connectivity index (χ3v) is 4.68. The molecule has 1 saturated carbocycles. The summed E-state index contributed by atoms with van der Waals surface area (Å²) in [4.78, 5) is 14.9. The number of nitrogens with zero attached hydrogens (tertiary/aromatic N) is 1. The van der Waals surface area contributed by atoms with Gasteiger partial charge >= 0.3 is 0 Å². The molecule has 0 N–H and O–H groups in total. The molecule has 2 aromatic carbocycles. The molecule has 0 bridgehead atoms. The van der Waals surface area contributed by atoms with Crippen molar-refractivity contribution in [1.82, 2.24) is 0 Å². The highest BCUT2D eigenvalue weighted by Gasteiger charge is 2.20. The number of methoxy groups -OCH3 is 1. The van der Waals surface area contributed by atoms with Crippen LogP contribution in [0.5, 0.6) is 5.75 Å². The third-order valence-electron chi connectivity index (χ3n) is 4.68. The fourth-order valence-electron chi connectivity index (χ4n) is 3.15. The molecule has 1 aliphatic rings. The van der Waals surface area contributed by atoms with Crippen LogP contribution in [-0.4, -0.2) is 27.0 Å². The molecule has 0 unspecified atom stereocenters. The van der Waals surface area contributed by atoms with E-state index in [2.05, 4.69) is 29.2 Å². The number of carbonyl (C=O) groups excluding carboxylic acids is 1. The molecule has 0 aliphatic heterocycles. The summed E-state index contributed by atoms with van der Waals surface area (Å²) in [6, 6.07) is 16.1. The molecule has 3 nitrogen and oxygen atoms in total. The molecule has 134 valence electrons. The maximum atomic E-state index is 12.9. The Bertz CT molecular complexity index is 828. The molecule has 1 fully saturated rings. The summed E-state index contributed by atoms with van der Waals surface area (Å²) in [6.45, 7) is 0.